The van der Waals surface area contributed by atoms with Crippen molar-refractivity contribution in [2.75, 3.05) is 13.7 Å². The fraction of sp³-hybridized carbons (Fsp3) is 0.240. The van der Waals surface area contributed by atoms with Crippen LogP contribution in [0.3, 0.4) is 0 Å². The summed E-state index contributed by atoms with van der Waals surface area (Å²) in [6, 6.07) is 17.9. The van der Waals surface area contributed by atoms with E-state index in [4.69, 9.17) is 22.1 Å². The van der Waals surface area contributed by atoms with Crippen LogP contribution >= 0.6 is 24.0 Å². The Morgan fingerprint density at radius 1 is 1.12 bits per heavy atom. The predicted octanol–water partition coefficient (Wildman–Crippen LogP) is 5.80. The lowest BCUT2D eigenvalue weighted by Crippen LogP contribution is -2.22. The van der Waals surface area contributed by atoms with Crippen LogP contribution < -0.4 is 4.74 Å². The molecule has 1 fully saturated rings. The minimum atomic E-state index is -0.0905. The van der Waals surface area contributed by atoms with Gasteiger partial charge in [-0.15, -0.1) is 0 Å². The second-order valence-corrected chi connectivity index (χ2v) is 9.69. The number of rotatable bonds is 7. The van der Waals surface area contributed by atoms with E-state index in [2.05, 4.69) is 13.8 Å². The van der Waals surface area contributed by atoms with E-state index >= 15 is 0 Å². The Hall–Kier alpha value is -2.90. The molecule has 4 rings (SSSR count). The highest BCUT2D eigenvalue weighted by molar-refractivity contribution is 8.26. The van der Waals surface area contributed by atoms with Gasteiger partial charge < -0.3 is 4.74 Å². The van der Waals surface area contributed by atoms with E-state index in [1.165, 1.54) is 16.7 Å². The molecule has 0 atom stereocenters. The first-order valence-corrected chi connectivity index (χ1v) is 11.7. The molecule has 0 saturated carbocycles. The summed E-state index contributed by atoms with van der Waals surface area (Å²) in [4.78, 5) is 14.6. The van der Waals surface area contributed by atoms with Gasteiger partial charge in [-0.2, -0.15) is 5.10 Å². The topological polar surface area (TPSA) is 47.4 Å². The zero-order chi connectivity index (χ0) is 22.7. The quantitative estimate of drug-likeness (QED) is 0.328. The van der Waals surface area contributed by atoms with Gasteiger partial charge in [-0.25, -0.2) is 4.68 Å². The highest BCUT2D eigenvalue weighted by Crippen LogP contribution is 2.34. The summed E-state index contributed by atoms with van der Waals surface area (Å²) in [6.07, 6.45) is 4.83. The van der Waals surface area contributed by atoms with E-state index in [1.54, 1.807) is 7.05 Å². The summed E-state index contributed by atoms with van der Waals surface area (Å²) < 4.78 is 8.24. The van der Waals surface area contributed by atoms with Crippen LogP contribution in [0.2, 0.25) is 0 Å². The molecule has 1 amide bonds. The van der Waals surface area contributed by atoms with Crippen molar-refractivity contribution in [3.63, 3.8) is 0 Å². The zero-order valence-corrected chi connectivity index (χ0v) is 20.0. The van der Waals surface area contributed by atoms with E-state index in [0.717, 1.165) is 34.7 Å². The molecule has 164 valence electrons. The molecule has 1 aliphatic rings. The fourth-order valence-corrected chi connectivity index (χ4v) is 4.41. The number of carbonyl (C=O) groups is 1. The van der Waals surface area contributed by atoms with E-state index in [9.17, 15) is 4.79 Å². The molecule has 1 aromatic heterocycles. The van der Waals surface area contributed by atoms with Crippen molar-refractivity contribution in [2.24, 2.45) is 5.92 Å². The summed E-state index contributed by atoms with van der Waals surface area (Å²) >= 11 is 6.59. The lowest BCUT2D eigenvalue weighted by molar-refractivity contribution is -0.121. The van der Waals surface area contributed by atoms with Crippen molar-refractivity contribution in [2.45, 2.75) is 20.3 Å². The number of benzene rings is 2. The number of ether oxygens (including phenoxy) is 1. The number of likely N-dealkylation sites (N-methyl/N-ethyl adjacent to an activating group) is 1. The second kappa shape index (κ2) is 9.71. The summed E-state index contributed by atoms with van der Waals surface area (Å²) in [5.74, 6) is 1.35. The summed E-state index contributed by atoms with van der Waals surface area (Å²) in [5.41, 5.74) is 3.56. The van der Waals surface area contributed by atoms with E-state index in [1.807, 2.05) is 71.6 Å². The average molecular weight is 464 g/mol. The molecule has 1 aliphatic heterocycles. The number of carbonyl (C=O) groups excluding carboxylic acids is 1. The third-order valence-corrected chi connectivity index (χ3v) is 6.61. The molecule has 0 radical (unpaired) electrons. The normalized spacial score (nSPS) is 15.2. The Balaban J connectivity index is 1.68. The number of thioether (sulfide) groups is 1. The highest BCUT2D eigenvalue weighted by Gasteiger charge is 2.29. The summed E-state index contributed by atoms with van der Waals surface area (Å²) in [7, 11) is 1.70. The van der Waals surface area contributed by atoms with Gasteiger partial charge in [0.25, 0.3) is 5.91 Å². The number of aromatic nitrogens is 2. The maximum atomic E-state index is 12.5. The van der Waals surface area contributed by atoms with Crippen LogP contribution in [0, 0.1) is 5.92 Å². The van der Waals surface area contributed by atoms with E-state index in [-0.39, 0.29) is 5.91 Å². The molecular weight excluding hydrogens is 438 g/mol. The smallest absolute Gasteiger partial charge is 0.265 e. The Kier molecular flexibility index (Phi) is 6.77. The molecule has 3 aromatic rings. The first kappa shape index (κ1) is 22.3. The number of thiocarbonyl (C=S) groups is 1. The minimum Gasteiger partial charge on any atom is -0.494 e. The third kappa shape index (κ3) is 4.95. The standard InChI is InChI=1S/C25H25N3O2S2/c1-17(2)13-14-30-21-11-9-18(10-12-21)23-19(15-22-24(29)27(3)25(31)32-22)16-28(26-23)20-7-5-4-6-8-20/h4-12,15-17H,13-14H2,1-3H3. The van der Waals surface area contributed by atoms with Crippen molar-refractivity contribution < 1.29 is 9.53 Å². The number of amides is 1. The van der Waals surface area contributed by atoms with Crippen molar-refractivity contribution in [1.82, 2.24) is 14.7 Å². The predicted molar refractivity (Wildman–Crippen MR) is 135 cm³/mol. The maximum absolute atomic E-state index is 12.5. The molecule has 5 nitrogen and oxygen atoms in total. The van der Waals surface area contributed by atoms with Gasteiger partial charge in [-0.05, 0) is 54.8 Å². The van der Waals surface area contributed by atoms with Crippen LogP contribution in [0.5, 0.6) is 5.75 Å². The third-order valence-electron chi connectivity index (χ3n) is 5.13. The Labute approximate surface area is 198 Å². The van der Waals surface area contributed by atoms with Gasteiger partial charge in [0.2, 0.25) is 0 Å². The molecule has 1 saturated heterocycles. The molecular formula is C25H25N3O2S2. The molecule has 0 N–H and O–H groups in total. The SMILES string of the molecule is CC(C)CCOc1ccc(-c2nn(-c3ccccc3)cc2C=C2SC(=S)N(C)C2=O)cc1. The average Bonchev–Trinajstić information content (AvgIpc) is 3.31. The molecule has 0 bridgehead atoms. The van der Waals surface area contributed by atoms with Crippen LogP contribution in [0.1, 0.15) is 25.8 Å². The summed E-state index contributed by atoms with van der Waals surface area (Å²) in [5, 5.41) is 4.84. The fourth-order valence-electron chi connectivity index (χ4n) is 3.24. The van der Waals surface area contributed by atoms with Crippen molar-refractivity contribution in [3.05, 3.63) is 71.3 Å². The molecule has 0 unspecified atom stereocenters. The van der Waals surface area contributed by atoms with Crippen LogP contribution in [-0.2, 0) is 4.79 Å². The van der Waals surface area contributed by atoms with Crippen LogP contribution in [0.15, 0.2) is 65.7 Å². The van der Waals surface area contributed by atoms with Gasteiger partial charge in [-0.1, -0.05) is 56.0 Å². The number of hydrogen-bond donors (Lipinski definition) is 0. The highest BCUT2D eigenvalue weighted by atomic mass is 32.2. The van der Waals surface area contributed by atoms with Gasteiger partial charge in [0.1, 0.15) is 10.1 Å². The minimum absolute atomic E-state index is 0.0905. The van der Waals surface area contributed by atoms with Crippen molar-refractivity contribution in [3.8, 4) is 22.7 Å². The largest absolute Gasteiger partial charge is 0.494 e. The van der Waals surface area contributed by atoms with Gasteiger partial charge in [0, 0.05) is 24.4 Å². The molecule has 2 aromatic carbocycles. The van der Waals surface area contributed by atoms with Gasteiger partial charge >= 0.3 is 0 Å². The van der Waals surface area contributed by atoms with Gasteiger partial charge in [0.15, 0.2) is 0 Å². The van der Waals surface area contributed by atoms with Crippen LogP contribution in [0.4, 0.5) is 0 Å². The van der Waals surface area contributed by atoms with E-state index in [0.29, 0.717) is 21.8 Å². The van der Waals surface area contributed by atoms with Crippen molar-refractivity contribution in [1.29, 1.82) is 0 Å². The van der Waals surface area contributed by atoms with Gasteiger partial charge in [0.05, 0.1) is 22.9 Å². The zero-order valence-electron chi connectivity index (χ0n) is 18.3. The van der Waals surface area contributed by atoms with Gasteiger partial charge in [-0.3, -0.25) is 9.69 Å². The second-order valence-electron chi connectivity index (χ2n) is 8.01. The Bertz CT molecular complexity index is 1150. The lowest BCUT2D eigenvalue weighted by Gasteiger charge is -2.08. The monoisotopic (exact) mass is 463 g/mol. The summed E-state index contributed by atoms with van der Waals surface area (Å²) in [6.45, 7) is 5.07. The Morgan fingerprint density at radius 2 is 1.84 bits per heavy atom. The van der Waals surface area contributed by atoms with Crippen LogP contribution in [-0.4, -0.2) is 38.6 Å². The molecule has 7 heteroatoms. The Morgan fingerprint density at radius 3 is 2.47 bits per heavy atom. The van der Waals surface area contributed by atoms with Crippen LogP contribution in [0.25, 0.3) is 23.0 Å². The van der Waals surface area contributed by atoms with E-state index < -0.39 is 0 Å². The lowest BCUT2D eigenvalue weighted by atomic mass is 10.1. The number of hydrogen-bond acceptors (Lipinski definition) is 5. The first-order valence-electron chi connectivity index (χ1n) is 10.5. The van der Waals surface area contributed by atoms with Crippen molar-refractivity contribution >= 4 is 40.3 Å². The molecule has 2 heterocycles. The molecule has 0 spiro atoms. The molecule has 32 heavy (non-hydrogen) atoms. The molecule has 0 aliphatic carbocycles. The number of para-hydroxylation sites is 1. The first-order chi connectivity index (χ1) is 15.4. The maximum Gasteiger partial charge on any atom is 0.265 e. The number of nitrogens with zero attached hydrogens (tertiary/aromatic N) is 3.